The van der Waals surface area contributed by atoms with Crippen molar-refractivity contribution in [3.63, 3.8) is 0 Å². The zero-order chi connectivity index (χ0) is 14.4. The summed E-state index contributed by atoms with van der Waals surface area (Å²) >= 11 is 1.49. The van der Waals surface area contributed by atoms with Gasteiger partial charge in [0, 0.05) is 12.3 Å². The number of thioether (sulfide) groups is 1. The summed E-state index contributed by atoms with van der Waals surface area (Å²) < 4.78 is 5.76. The van der Waals surface area contributed by atoms with Crippen molar-refractivity contribution in [2.75, 3.05) is 11.6 Å². The first kappa shape index (κ1) is 14.4. The molecule has 1 unspecified atom stereocenters. The van der Waals surface area contributed by atoms with Gasteiger partial charge in [-0.3, -0.25) is 9.78 Å². The van der Waals surface area contributed by atoms with Gasteiger partial charge >= 0.3 is 0 Å². The SMILES string of the molecule is CSC(C)C(=O)Nc1cnccc1Oc1ccccc1. The van der Waals surface area contributed by atoms with Crippen LogP contribution in [0.2, 0.25) is 0 Å². The fraction of sp³-hybridized carbons (Fsp3) is 0.200. The first-order chi connectivity index (χ1) is 9.70. The lowest BCUT2D eigenvalue weighted by atomic mass is 10.3. The Hall–Kier alpha value is -2.01. The van der Waals surface area contributed by atoms with Gasteiger partial charge in [-0.05, 0) is 25.3 Å². The van der Waals surface area contributed by atoms with Crippen LogP contribution in [0.3, 0.4) is 0 Å². The number of anilines is 1. The second-order valence-electron chi connectivity index (χ2n) is 4.15. The smallest absolute Gasteiger partial charge is 0.237 e. The van der Waals surface area contributed by atoms with Gasteiger partial charge in [0.2, 0.25) is 5.91 Å². The van der Waals surface area contributed by atoms with E-state index in [9.17, 15) is 4.79 Å². The van der Waals surface area contributed by atoms with E-state index in [0.717, 1.165) is 0 Å². The molecule has 1 amide bonds. The maximum absolute atomic E-state index is 11.9. The summed E-state index contributed by atoms with van der Waals surface area (Å²) in [6, 6.07) is 11.1. The molecule has 20 heavy (non-hydrogen) atoms. The molecule has 5 heteroatoms. The zero-order valence-corrected chi connectivity index (χ0v) is 12.2. The van der Waals surface area contributed by atoms with Gasteiger partial charge in [-0.25, -0.2) is 0 Å². The molecular formula is C15H16N2O2S. The Morgan fingerprint density at radius 1 is 1.30 bits per heavy atom. The molecule has 0 aliphatic heterocycles. The maximum atomic E-state index is 11.9. The molecule has 4 nitrogen and oxygen atoms in total. The van der Waals surface area contributed by atoms with Crippen molar-refractivity contribution >= 4 is 23.4 Å². The summed E-state index contributed by atoms with van der Waals surface area (Å²) in [5.74, 6) is 1.23. The van der Waals surface area contributed by atoms with Crippen molar-refractivity contribution in [1.82, 2.24) is 4.98 Å². The lowest BCUT2D eigenvalue weighted by molar-refractivity contribution is -0.115. The molecule has 0 bridgehead atoms. The molecular weight excluding hydrogens is 272 g/mol. The average molecular weight is 288 g/mol. The molecule has 2 aromatic rings. The Bertz CT molecular complexity index is 575. The van der Waals surface area contributed by atoms with Crippen molar-refractivity contribution in [3.8, 4) is 11.5 Å². The molecule has 0 saturated carbocycles. The highest BCUT2D eigenvalue weighted by atomic mass is 32.2. The number of ether oxygens (including phenoxy) is 1. The molecule has 0 aliphatic rings. The molecule has 1 aromatic heterocycles. The summed E-state index contributed by atoms with van der Waals surface area (Å²) in [7, 11) is 0. The van der Waals surface area contributed by atoms with Crippen LogP contribution in [0, 0.1) is 0 Å². The second-order valence-corrected chi connectivity index (χ2v) is 5.33. The van der Waals surface area contributed by atoms with Crippen LogP contribution in [-0.4, -0.2) is 22.4 Å². The van der Waals surface area contributed by atoms with Crippen molar-refractivity contribution in [2.45, 2.75) is 12.2 Å². The first-order valence-corrected chi connectivity index (χ1v) is 7.50. The molecule has 1 N–H and O–H groups in total. The van der Waals surface area contributed by atoms with Gasteiger partial charge < -0.3 is 10.1 Å². The van der Waals surface area contributed by atoms with E-state index in [1.807, 2.05) is 43.5 Å². The van der Waals surface area contributed by atoms with Gasteiger partial charge in [-0.2, -0.15) is 11.8 Å². The zero-order valence-electron chi connectivity index (χ0n) is 11.4. The van der Waals surface area contributed by atoms with Gasteiger partial charge in [0.05, 0.1) is 11.4 Å². The largest absolute Gasteiger partial charge is 0.455 e. The topological polar surface area (TPSA) is 51.2 Å². The number of carbonyl (C=O) groups excluding carboxylic acids is 1. The predicted octanol–water partition coefficient (Wildman–Crippen LogP) is 3.56. The highest BCUT2D eigenvalue weighted by Gasteiger charge is 2.14. The summed E-state index contributed by atoms with van der Waals surface area (Å²) in [6.45, 7) is 1.86. The molecule has 104 valence electrons. The summed E-state index contributed by atoms with van der Waals surface area (Å²) in [6.07, 6.45) is 5.12. The predicted molar refractivity (Wildman–Crippen MR) is 82.4 cm³/mol. The van der Waals surface area contributed by atoms with Crippen molar-refractivity contribution in [1.29, 1.82) is 0 Å². The Labute approximate surface area is 122 Å². The fourth-order valence-electron chi connectivity index (χ4n) is 1.52. The second kappa shape index (κ2) is 6.96. The Kier molecular flexibility index (Phi) is 5.01. The van der Waals surface area contributed by atoms with Crippen LogP contribution in [0.15, 0.2) is 48.8 Å². The number of benzene rings is 1. The molecule has 1 heterocycles. The molecule has 1 atom stereocenters. The van der Waals surface area contributed by atoms with Crippen LogP contribution in [0.4, 0.5) is 5.69 Å². The summed E-state index contributed by atoms with van der Waals surface area (Å²) in [4.78, 5) is 16.0. The molecule has 0 fully saturated rings. The van der Waals surface area contributed by atoms with E-state index in [-0.39, 0.29) is 11.2 Å². The lowest BCUT2D eigenvalue weighted by Crippen LogP contribution is -2.22. The number of rotatable bonds is 5. The van der Waals surface area contributed by atoms with Crippen LogP contribution in [0.1, 0.15) is 6.92 Å². The third-order valence-corrected chi connectivity index (χ3v) is 3.65. The van der Waals surface area contributed by atoms with E-state index in [1.54, 1.807) is 18.5 Å². The first-order valence-electron chi connectivity index (χ1n) is 6.21. The number of aromatic nitrogens is 1. The van der Waals surface area contributed by atoms with Crippen LogP contribution in [-0.2, 0) is 4.79 Å². The lowest BCUT2D eigenvalue weighted by Gasteiger charge is -2.13. The monoisotopic (exact) mass is 288 g/mol. The Morgan fingerprint density at radius 3 is 2.75 bits per heavy atom. The molecule has 2 rings (SSSR count). The Morgan fingerprint density at radius 2 is 2.05 bits per heavy atom. The van der Waals surface area contributed by atoms with Crippen LogP contribution in [0.25, 0.3) is 0 Å². The Balaban J connectivity index is 2.16. The molecule has 0 radical (unpaired) electrons. The quantitative estimate of drug-likeness (QED) is 0.914. The number of amides is 1. The average Bonchev–Trinajstić information content (AvgIpc) is 2.49. The molecule has 0 spiro atoms. The molecule has 1 aromatic carbocycles. The van der Waals surface area contributed by atoms with E-state index in [2.05, 4.69) is 10.3 Å². The standard InChI is InChI=1S/C15H16N2O2S/c1-11(20-2)15(18)17-13-10-16-9-8-14(13)19-12-6-4-3-5-7-12/h3-11H,1-2H3,(H,17,18). The number of nitrogens with one attached hydrogen (secondary N) is 1. The minimum atomic E-state index is -0.125. The van der Waals surface area contributed by atoms with E-state index in [1.165, 1.54) is 11.8 Å². The minimum Gasteiger partial charge on any atom is -0.455 e. The number of carbonyl (C=O) groups is 1. The summed E-state index contributed by atoms with van der Waals surface area (Å²) in [5.41, 5.74) is 0.572. The van der Waals surface area contributed by atoms with E-state index < -0.39 is 0 Å². The number of pyridine rings is 1. The van der Waals surface area contributed by atoms with Crippen LogP contribution >= 0.6 is 11.8 Å². The van der Waals surface area contributed by atoms with E-state index in [0.29, 0.717) is 17.2 Å². The minimum absolute atomic E-state index is 0.0663. The van der Waals surface area contributed by atoms with E-state index >= 15 is 0 Å². The van der Waals surface area contributed by atoms with Crippen LogP contribution < -0.4 is 10.1 Å². The van der Waals surface area contributed by atoms with Gasteiger partial charge in [0.15, 0.2) is 5.75 Å². The third-order valence-electron chi connectivity index (χ3n) is 2.73. The number of hydrogen-bond donors (Lipinski definition) is 1. The van der Waals surface area contributed by atoms with Crippen molar-refractivity contribution < 1.29 is 9.53 Å². The summed E-state index contributed by atoms with van der Waals surface area (Å²) in [5, 5.41) is 2.71. The third kappa shape index (κ3) is 3.74. The highest BCUT2D eigenvalue weighted by molar-refractivity contribution is 7.99. The van der Waals surface area contributed by atoms with Gasteiger partial charge in [0.25, 0.3) is 0 Å². The van der Waals surface area contributed by atoms with Gasteiger partial charge in [-0.1, -0.05) is 18.2 Å². The fourth-order valence-corrected chi connectivity index (χ4v) is 1.79. The van der Waals surface area contributed by atoms with Gasteiger partial charge in [0.1, 0.15) is 11.4 Å². The molecule has 0 saturated heterocycles. The van der Waals surface area contributed by atoms with Gasteiger partial charge in [-0.15, -0.1) is 0 Å². The van der Waals surface area contributed by atoms with Crippen molar-refractivity contribution in [2.24, 2.45) is 0 Å². The number of nitrogens with zero attached hydrogens (tertiary/aromatic N) is 1. The normalized spacial score (nSPS) is 11.7. The van der Waals surface area contributed by atoms with Crippen LogP contribution in [0.5, 0.6) is 11.5 Å². The van der Waals surface area contributed by atoms with Crippen molar-refractivity contribution in [3.05, 3.63) is 48.8 Å². The van der Waals surface area contributed by atoms with E-state index in [4.69, 9.17) is 4.74 Å². The molecule has 0 aliphatic carbocycles. The number of hydrogen-bond acceptors (Lipinski definition) is 4. The highest BCUT2D eigenvalue weighted by Crippen LogP contribution is 2.28. The number of para-hydroxylation sites is 1. The maximum Gasteiger partial charge on any atom is 0.237 e.